The number of nitrogens with zero attached hydrogens (tertiary/aromatic N) is 1. The second kappa shape index (κ2) is 8.68. The summed E-state index contributed by atoms with van der Waals surface area (Å²) in [5.74, 6) is -0.0991. The zero-order valence-electron chi connectivity index (χ0n) is 15.3. The Morgan fingerprint density at radius 3 is 2.70 bits per heavy atom. The average Bonchev–Trinajstić information content (AvgIpc) is 2.72. The summed E-state index contributed by atoms with van der Waals surface area (Å²) in [7, 11) is 0. The second-order valence-electron chi connectivity index (χ2n) is 6.73. The van der Waals surface area contributed by atoms with Gasteiger partial charge in [-0.1, -0.05) is 24.3 Å². The van der Waals surface area contributed by atoms with Gasteiger partial charge in [-0.15, -0.1) is 0 Å². The van der Waals surface area contributed by atoms with Gasteiger partial charge in [0.05, 0.1) is 5.56 Å². The predicted molar refractivity (Wildman–Crippen MR) is 103 cm³/mol. The van der Waals surface area contributed by atoms with Gasteiger partial charge in [0.15, 0.2) is 0 Å². The molecule has 1 heterocycles. The number of nitrogens with two attached hydrogens (primary N) is 2. The van der Waals surface area contributed by atoms with E-state index in [0.29, 0.717) is 23.4 Å². The number of amides is 2. The number of hydrogen-bond acceptors (Lipinski definition) is 4. The molecule has 2 aromatic rings. The van der Waals surface area contributed by atoms with Crippen LogP contribution in [-0.2, 0) is 6.61 Å². The van der Waals surface area contributed by atoms with Crippen LogP contribution in [0.15, 0.2) is 48.5 Å². The van der Waals surface area contributed by atoms with Crippen LogP contribution in [0.3, 0.4) is 0 Å². The SMILES string of the molecule is NC[C@H]1CCCCN1C(=O)c1cccc(COc2ccccc2C(N)=O)c1. The first-order valence-electron chi connectivity index (χ1n) is 9.21. The van der Waals surface area contributed by atoms with E-state index in [2.05, 4.69) is 0 Å². The molecule has 1 aliphatic heterocycles. The highest BCUT2D eigenvalue weighted by Crippen LogP contribution is 2.21. The molecule has 6 heteroatoms. The van der Waals surface area contributed by atoms with Crippen LogP contribution in [0, 0.1) is 0 Å². The van der Waals surface area contributed by atoms with Crippen molar-refractivity contribution >= 4 is 11.8 Å². The maximum absolute atomic E-state index is 12.9. The van der Waals surface area contributed by atoms with Gasteiger partial charge in [0.1, 0.15) is 12.4 Å². The first-order chi connectivity index (χ1) is 13.1. The Hall–Kier alpha value is -2.86. The molecule has 2 aromatic carbocycles. The van der Waals surface area contributed by atoms with E-state index >= 15 is 0 Å². The first kappa shape index (κ1) is 18.9. The quantitative estimate of drug-likeness (QED) is 0.818. The molecule has 142 valence electrons. The van der Waals surface area contributed by atoms with Gasteiger partial charge >= 0.3 is 0 Å². The Morgan fingerprint density at radius 1 is 1.11 bits per heavy atom. The standard InChI is InChI=1S/C21H25N3O3/c22-13-17-8-3-4-11-24(17)21(26)16-7-5-6-15(12-16)14-27-19-10-2-1-9-18(19)20(23)25/h1-2,5-7,9-10,12,17H,3-4,8,11,13-14,22H2,(H2,23,25)/t17-/m1/s1. The van der Waals surface area contributed by atoms with E-state index in [-0.39, 0.29) is 18.6 Å². The number of primary amides is 1. The molecule has 6 nitrogen and oxygen atoms in total. The summed E-state index contributed by atoms with van der Waals surface area (Å²) in [5.41, 5.74) is 13.0. The van der Waals surface area contributed by atoms with Gasteiger partial charge in [0.2, 0.25) is 0 Å². The normalized spacial score (nSPS) is 16.8. The van der Waals surface area contributed by atoms with Crippen LogP contribution < -0.4 is 16.2 Å². The van der Waals surface area contributed by atoms with Crippen molar-refractivity contribution in [1.82, 2.24) is 4.90 Å². The van der Waals surface area contributed by atoms with Gasteiger partial charge in [0, 0.05) is 24.7 Å². The molecule has 0 bridgehead atoms. The molecule has 1 atom stereocenters. The summed E-state index contributed by atoms with van der Waals surface area (Å²) in [5, 5.41) is 0. The molecule has 4 N–H and O–H groups in total. The molecular formula is C21H25N3O3. The summed E-state index contributed by atoms with van der Waals surface area (Å²) in [6.45, 7) is 1.47. The van der Waals surface area contributed by atoms with Crippen molar-refractivity contribution in [2.24, 2.45) is 11.5 Å². The third kappa shape index (κ3) is 4.46. The van der Waals surface area contributed by atoms with E-state index in [0.717, 1.165) is 31.4 Å². The number of likely N-dealkylation sites (tertiary alicyclic amines) is 1. The minimum absolute atomic E-state index is 0.00420. The zero-order chi connectivity index (χ0) is 19.2. The molecule has 27 heavy (non-hydrogen) atoms. The van der Waals surface area contributed by atoms with Crippen LogP contribution in [0.5, 0.6) is 5.75 Å². The fourth-order valence-corrected chi connectivity index (χ4v) is 3.43. The Labute approximate surface area is 159 Å². The highest BCUT2D eigenvalue weighted by molar-refractivity contribution is 5.95. The van der Waals surface area contributed by atoms with Gasteiger partial charge in [-0.05, 0) is 49.1 Å². The molecule has 1 fully saturated rings. The number of carbonyl (C=O) groups is 2. The van der Waals surface area contributed by atoms with Crippen molar-refractivity contribution in [3.8, 4) is 5.75 Å². The number of para-hydroxylation sites is 1. The van der Waals surface area contributed by atoms with E-state index in [1.165, 1.54) is 0 Å². The monoisotopic (exact) mass is 367 g/mol. The molecular weight excluding hydrogens is 342 g/mol. The van der Waals surface area contributed by atoms with E-state index < -0.39 is 5.91 Å². The Balaban J connectivity index is 1.72. The number of rotatable bonds is 6. The molecule has 0 saturated carbocycles. The Kier molecular flexibility index (Phi) is 6.08. The number of hydrogen-bond donors (Lipinski definition) is 2. The largest absolute Gasteiger partial charge is 0.488 e. The van der Waals surface area contributed by atoms with Crippen molar-refractivity contribution in [3.05, 3.63) is 65.2 Å². The highest BCUT2D eigenvalue weighted by atomic mass is 16.5. The average molecular weight is 367 g/mol. The highest BCUT2D eigenvalue weighted by Gasteiger charge is 2.26. The van der Waals surface area contributed by atoms with Crippen molar-refractivity contribution in [3.63, 3.8) is 0 Å². The maximum Gasteiger partial charge on any atom is 0.254 e. The van der Waals surface area contributed by atoms with Crippen molar-refractivity contribution < 1.29 is 14.3 Å². The van der Waals surface area contributed by atoms with Crippen LogP contribution in [0.25, 0.3) is 0 Å². The van der Waals surface area contributed by atoms with Crippen LogP contribution in [0.2, 0.25) is 0 Å². The Morgan fingerprint density at radius 2 is 1.93 bits per heavy atom. The number of ether oxygens (including phenoxy) is 1. The third-order valence-electron chi connectivity index (χ3n) is 4.88. The van der Waals surface area contributed by atoms with Gasteiger partial charge in [-0.3, -0.25) is 9.59 Å². The molecule has 0 aliphatic carbocycles. The third-order valence-corrected chi connectivity index (χ3v) is 4.88. The lowest BCUT2D eigenvalue weighted by Gasteiger charge is -2.35. The van der Waals surface area contributed by atoms with E-state index in [4.69, 9.17) is 16.2 Å². The van der Waals surface area contributed by atoms with Crippen LogP contribution in [-0.4, -0.2) is 35.8 Å². The molecule has 0 radical (unpaired) electrons. The van der Waals surface area contributed by atoms with E-state index in [9.17, 15) is 9.59 Å². The molecule has 3 rings (SSSR count). The van der Waals surface area contributed by atoms with Crippen molar-refractivity contribution in [2.75, 3.05) is 13.1 Å². The molecule has 2 amide bonds. The summed E-state index contributed by atoms with van der Waals surface area (Å²) in [6.07, 6.45) is 3.07. The fourth-order valence-electron chi connectivity index (χ4n) is 3.43. The lowest BCUT2D eigenvalue weighted by atomic mass is 10.0. The fraction of sp³-hybridized carbons (Fsp3) is 0.333. The predicted octanol–water partition coefficient (Wildman–Crippen LogP) is 2.32. The minimum atomic E-state index is -0.535. The van der Waals surface area contributed by atoms with Crippen molar-refractivity contribution in [1.29, 1.82) is 0 Å². The van der Waals surface area contributed by atoms with Crippen LogP contribution in [0.4, 0.5) is 0 Å². The van der Waals surface area contributed by atoms with Gasteiger partial charge < -0.3 is 21.1 Å². The number of piperidine rings is 1. The van der Waals surface area contributed by atoms with Gasteiger partial charge in [0.25, 0.3) is 11.8 Å². The Bertz CT molecular complexity index is 822. The van der Waals surface area contributed by atoms with Gasteiger partial charge in [-0.2, -0.15) is 0 Å². The first-order valence-corrected chi connectivity index (χ1v) is 9.21. The minimum Gasteiger partial charge on any atom is -0.488 e. The zero-order valence-corrected chi connectivity index (χ0v) is 15.3. The van der Waals surface area contributed by atoms with Crippen LogP contribution in [0.1, 0.15) is 45.5 Å². The van der Waals surface area contributed by atoms with Crippen LogP contribution >= 0.6 is 0 Å². The summed E-state index contributed by atoms with van der Waals surface area (Å²) >= 11 is 0. The molecule has 1 aliphatic rings. The number of benzene rings is 2. The topological polar surface area (TPSA) is 98.7 Å². The van der Waals surface area contributed by atoms with Gasteiger partial charge in [-0.25, -0.2) is 0 Å². The molecule has 0 unspecified atom stereocenters. The van der Waals surface area contributed by atoms with E-state index in [1.807, 2.05) is 29.2 Å². The summed E-state index contributed by atoms with van der Waals surface area (Å²) < 4.78 is 5.76. The maximum atomic E-state index is 12.9. The lowest BCUT2D eigenvalue weighted by molar-refractivity contribution is 0.0623. The number of carbonyl (C=O) groups excluding carboxylic acids is 2. The smallest absolute Gasteiger partial charge is 0.254 e. The molecule has 0 spiro atoms. The summed E-state index contributed by atoms with van der Waals surface area (Å²) in [4.78, 5) is 26.3. The lowest BCUT2D eigenvalue weighted by Crippen LogP contribution is -2.47. The summed E-state index contributed by atoms with van der Waals surface area (Å²) in [6, 6.07) is 14.3. The molecule has 1 saturated heterocycles. The molecule has 0 aromatic heterocycles. The van der Waals surface area contributed by atoms with Crippen molar-refractivity contribution in [2.45, 2.75) is 31.9 Å². The van der Waals surface area contributed by atoms with E-state index in [1.54, 1.807) is 24.3 Å². The second-order valence-corrected chi connectivity index (χ2v) is 6.73.